The van der Waals surface area contributed by atoms with Crippen molar-refractivity contribution in [3.05, 3.63) is 63.3 Å². The molecule has 0 aliphatic carbocycles. The van der Waals surface area contributed by atoms with E-state index in [9.17, 15) is 4.39 Å². The highest BCUT2D eigenvalue weighted by Crippen LogP contribution is 2.21. The van der Waals surface area contributed by atoms with Gasteiger partial charge in [-0.1, -0.05) is 45.7 Å². The van der Waals surface area contributed by atoms with Gasteiger partial charge >= 0.3 is 0 Å². The summed E-state index contributed by atoms with van der Waals surface area (Å²) in [6, 6.07) is 12.6. The third-order valence-corrected chi connectivity index (χ3v) is 5.04. The van der Waals surface area contributed by atoms with Crippen LogP contribution in [0, 0.1) is 5.82 Å². The summed E-state index contributed by atoms with van der Waals surface area (Å²) in [5.74, 6) is 1.37. The molecule has 0 saturated heterocycles. The Balaban J connectivity index is 1.68. The molecule has 0 amide bonds. The predicted octanol–water partition coefficient (Wildman–Crippen LogP) is 5.46. The van der Waals surface area contributed by atoms with Crippen LogP contribution < -0.4 is 10.6 Å². The number of nitrogens with one attached hydrogen (secondary N) is 2. The Morgan fingerprint density at radius 2 is 2.04 bits per heavy atom. The van der Waals surface area contributed by atoms with Crippen molar-refractivity contribution < 1.29 is 4.39 Å². The van der Waals surface area contributed by atoms with E-state index in [0.29, 0.717) is 21.8 Å². The van der Waals surface area contributed by atoms with Crippen LogP contribution in [0.1, 0.15) is 5.56 Å². The second-order valence-electron chi connectivity index (χ2n) is 4.65. The monoisotopic (exact) mass is 432 g/mol. The molecule has 0 spiro atoms. The quantitative estimate of drug-likeness (QED) is 0.466. The van der Waals surface area contributed by atoms with E-state index in [1.807, 2.05) is 24.3 Å². The van der Waals surface area contributed by atoms with Gasteiger partial charge in [-0.2, -0.15) is 11.8 Å². The third kappa shape index (κ3) is 6.30. The molecule has 0 bridgehead atoms. The van der Waals surface area contributed by atoms with Gasteiger partial charge in [-0.15, -0.1) is 0 Å². The lowest BCUT2D eigenvalue weighted by atomic mass is 10.2. The van der Waals surface area contributed by atoms with Crippen molar-refractivity contribution in [2.75, 3.05) is 17.6 Å². The van der Waals surface area contributed by atoms with Crippen LogP contribution in [0.5, 0.6) is 0 Å². The molecular weight excluding hydrogens is 419 g/mol. The fourth-order valence-electron chi connectivity index (χ4n) is 1.79. The Morgan fingerprint density at radius 1 is 1.26 bits per heavy atom. The van der Waals surface area contributed by atoms with E-state index in [2.05, 4.69) is 26.6 Å². The van der Waals surface area contributed by atoms with Crippen LogP contribution in [-0.2, 0) is 5.75 Å². The van der Waals surface area contributed by atoms with E-state index < -0.39 is 0 Å². The van der Waals surface area contributed by atoms with Gasteiger partial charge in [0.15, 0.2) is 5.11 Å². The lowest BCUT2D eigenvalue weighted by molar-refractivity contribution is 0.631. The Kier molecular flexibility index (Phi) is 7.62. The minimum absolute atomic E-state index is 0.350. The number of hydrogen-bond acceptors (Lipinski definition) is 2. The Bertz CT molecular complexity index is 685. The Hall–Kier alpha value is -0.820. The maximum atomic E-state index is 13.7. The SMILES string of the molecule is Fc1cc(Br)ccc1NC(=S)NCCSCc1ccccc1Cl. The van der Waals surface area contributed by atoms with Gasteiger partial charge in [-0.05, 0) is 42.0 Å². The lowest BCUT2D eigenvalue weighted by Crippen LogP contribution is -2.30. The summed E-state index contributed by atoms with van der Waals surface area (Å²) in [5, 5.41) is 7.11. The average molecular weight is 434 g/mol. The molecule has 0 fully saturated rings. The van der Waals surface area contributed by atoms with Gasteiger partial charge in [-0.25, -0.2) is 4.39 Å². The molecule has 0 aromatic heterocycles. The first-order valence-electron chi connectivity index (χ1n) is 6.87. The van der Waals surface area contributed by atoms with Gasteiger partial charge in [0.05, 0.1) is 5.69 Å². The van der Waals surface area contributed by atoms with E-state index >= 15 is 0 Å². The van der Waals surface area contributed by atoms with Crippen LogP contribution in [-0.4, -0.2) is 17.4 Å². The fraction of sp³-hybridized carbons (Fsp3) is 0.188. The minimum atomic E-state index is -0.350. The maximum Gasteiger partial charge on any atom is 0.170 e. The molecule has 7 heteroatoms. The molecule has 0 aliphatic heterocycles. The van der Waals surface area contributed by atoms with Gasteiger partial charge in [0, 0.05) is 27.5 Å². The number of benzene rings is 2. The van der Waals surface area contributed by atoms with Crippen LogP contribution in [0.25, 0.3) is 0 Å². The minimum Gasteiger partial charge on any atom is -0.362 e. The van der Waals surface area contributed by atoms with Gasteiger partial charge in [0.2, 0.25) is 0 Å². The van der Waals surface area contributed by atoms with E-state index in [4.69, 9.17) is 23.8 Å². The van der Waals surface area contributed by atoms with Gasteiger partial charge in [0.25, 0.3) is 0 Å². The zero-order valence-corrected chi connectivity index (χ0v) is 16.1. The summed E-state index contributed by atoms with van der Waals surface area (Å²) >= 11 is 16.2. The molecule has 0 heterocycles. The average Bonchev–Trinajstić information content (AvgIpc) is 2.51. The van der Waals surface area contributed by atoms with E-state index in [1.54, 1.807) is 23.9 Å². The number of rotatable bonds is 6. The van der Waals surface area contributed by atoms with E-state index in [-0.39, 0.29) is 5.82 Å². The van der Waals surface area contributed by atoms with Crippen molar-refractivity contribution in [1.82, 2.24) is 5.32 Å². The molecular formula is C16H15BrClFN2S2. The molecule has 2 aromatic carbocycles. The molecule has 0 atom stereocenters. The second-order valence-corrected chi connectivity index (χ2v) is 7.49. The van der Waals surface area contributed by atoms with Crippen LogP contribution in [0.2, 0.25) is 5.02 Å². The number of anilines is 1. The first kappa shape index (κ1) is 18.5. The van der Waals surface area contributed by atoms with Crippen LogP contribution in [0.3, 0.4) is 0 Å². The van der Waals surface area contributed by atoms with Crippen LogP contribution in [0.15, 0.2) is 46.9 Å². The largest absolute Gasteiger partial charge is 0.362 e. The summed E-state index contributed by atoms with van der Waals surface area (Å²) < 4.78 is 14.4. The first-order chi connectivity index (χ1) is 11.1. The smallest absolute Gasteiger partial charge is 0.170 e. The second kappa shape index (κ2) is 9.47. The number of halogens is 3. The molecule has 2 aromatic rings. The number of hydrogen-bond donors (Lipinski definition) is 2. The first-order valence-corrected chi connectivity index (χ1v) is 9.60. The van der Waals surface area contributed by atoms with Gasteiger partial charge < -0.3 is 10.6 Å². The van der Waals surface area contributed by atoms with Crippen molar-refractivity contribution in [3.8, 4) is 0 Å². The van der Waals surface area contributed by atoms with Crippen molar-refractivity contribution in [1.29, 1.82) is 0 Å². The highest BCUT2D eigenvalue weighted by Gasteiger charge is 2.04. The summed E-state index contributed by atoms with van der Waals surface area (Å²) in [6.07, 6.45) is 0. The Labute approximate surface area is 158 Å². The summed E-state index contributed by atoms with van der Waals surface area (Å²) in [7, 11) is 0. The van der Waals surface area contributed by atoms with Gasteiger partial charge in [-0.3, -0.25) is 0 Å². The summed E-state index contributed by atoms with van der Waals surface area (Å²) in [5.41, 5.74) is 1.48. The third-order valence-electron chi connectivity index (χ3n) is 2.93. The number of thioether (sulfide) groups is 1. The molecule has 0 saturated carbocycles. The van der Waals surface area contributed by atoms with Crippen molar-refractivity contribution in [2.45, 2.75) is 5.75 Å². The topological polar surface area (TPSA) is 24.1 Å². The lowest BCUT2D eigenvalue weighted by Gasteiger charge is -2.11. The zero-order valence-electron chi connectivity index (χ0n) is 12.1. The fourth-order valence-corrected chi connectivity index (χ4v) is 3.48. The normalized spacial score (nSPS) is 10.4. The standard InChI is InChI=1S/C16H15BrClFN2S2/c17-12-5-6-15(14(19)9-12)21-16(22)20-7-8-23-10-11-3-1-2-4-13(11)18/h1-6,9H,7-8,10H2,(H2,20,21,22). The molecule has 122 valence electrons. The predicted molar refractivity (Wildman–Crippen MR) is 106 cm³/mol. The molecule has 2 rings (SSSR count). The van der Waals surface area contributed by atoms with E-state index in [0.717, 1.165) is 22.1 Å². The van der Waals surface area contributed by atoms with Crippen molar-refractivity contribution in [2.24, 2.45) is 0 Å². The Morgan fingerprint density at radius 3 is 2.78 bits per heavy atom. The molecule has 2 nitrogen and oxygen atoms in total. The molecule has 0 aliphatic rings. The summed E-state index contributed by atoms with van der Waals surface area (Å²) in [4.78, 5) is 0. The highest BCUT2D eigenvalue weighted by molar-refractivity contribution is 9.10. The number of thiocarbonyl (C=S) groups is 1. The maximum absolute atomic E-state index is 13.7. The molecule has 0 radical (unpaired) electrons. The molecule has 0 unspecified atom stereocenters. The molecule has 23 heavy (non-hydrogen) atoms. The van der Waals surface area contributed by atoms with Crippen molar-refractivity contribution >= 4 is 62.3 Å². The van der Waals surface area contributed by atoms with Crippen LogP contribution in [0.4, 0.5) is 10.1 Å². The van der Waals surface area contributed by atoms with E-state index in [1.165, 1.54) is 6.07 Å². The van der Waals surface area contributed by atoms with Gasteiger partial charge in [0.1, 0.15) is 5.82 Å². The van der Waals surface area contributed by atoms with Crippen molar-refractivity contribution in [3.63, 3.8) is 0 Å². The highest BCUT2D eigenvalue weighted by atomic mass is 79.9. The molecule has 2 N–H and O–H groups in total. The zero-order chi connectivity index (χ0) is 16.7. The summed E-state index contributed by atoms with van der Waals surface area (Å²) in [6.45, 7) is 0.694. The van der Waals surface area contributed by atoms with Crippen LogP contribution >= 0.6 is 51.5 Å².